The van der Waals surface area contributed by atoms with Gasteiger partial charge in [-0.3, -0.25) is 0 Å². The van der Waals surface area contributed by atoms with E-state index in [0.29, 0.717) is 0 Å². The van der Waals surface area contributed by atoms with E-state index in [9.17, 15) is 0 Å². The number of para-hydroxylation sites is 3. The van der Waals surface area contributed by atoms with Crippen LogP contribution in [0.3, 0.4) is 0 Å². The van der Waals surface area contributed by atoms with Gasteiger partial charge in [0.05, 0.1) is 0 Å². The molecule has 1 aromatic heterocycles. The standard InChI is InChI=1S/C23H21N3/c1-3-9-18(10-4-1)25-15-16-26(19-11-5-2-6-12-19)23(25)21-17-24-22-14-8-7-13-20(21)22/h1-14,17,23-24H,15-16H2. The molecule has 3 heteroatoms. The lowest BCUT2D eigenvalue weighted by molar-refractivity contribution is 0.723. The topological polar surface area (TPSA) is 22.3 Å². The van der Waals surface area contributed by atoms with Crippen molar-refractivity contribution in [2.75, 3.05) is 22.9 Å². The van der Waals surface area contributed by atoms with Crippen LogP contribution in [-0.2, 0) is 0 Å². The van der Waals surface area contributed by atoms with Crippen molar-refractivity contribution < 1.29 is 0 Å². The van der Waals surface area contributed by atoms with Gasteiger partial charge >= 0.3 is 0 Å². The summed E-state index contributed by atoms with van der Waals surface area (Å²) in [5.41, 5.74) is 5.05. The lowest BCUT2D eigenvalue weighted by atomic mass is 10.1. The molecule has 4 aromatic rings. The van der Waals surface area contributed by atoms with Gasteiger partial charge in [-0.15, -0.1) is 0 Å². The van der Waals surface area contributed by atoms with E-state index in [1.54, 1.807) is 0 Å². The van der Waals surface area contributed by atoms with E-state index in [0.717, 1.165) is 13.1 Å². The highest BCUT2D eigenvalue weighted by molar-refractivity contribution is 5.85. The van der Waals surface area contributed by atoms with E-state index in [1.165, 1.54) is 27.8 Å². The van der Waals surface area contributed by atoms with Gasteiger partial charge in [-0.05, 0) is 30.3 Å². The molecule has 5 rings (SSSR count). The van der Waals surface area contributed by atoms with Gasteiger partial charge in [0.25, 0.3) is 0 Å². The predicted octanol–water partition coefficient (Wildman–Crippen LogP) is 5.19. The van der Waals surface area contributed by atoms with Crippen molar-refractivity contribution in [1.82, 2.24) is 4.98 Å². The van der Waals surface area contributed by atoms with Gasteiger partial charge in [0.15, 0.2) is 0 Å². The Balaban J connectivity index is 1.66. The number of H-pyrrole nitrogens is 1. The summed E-state index contributed by atoms with van der Waals surface area (Å²) < 4.78 is 0. The number of rotatable bonds is 3. The summed E-state index contributed by atoms with van der Waals surface area (Å²) in [6.45, 7) is 2.01. The number of nitrogens with zero attached hydrogens (tertiary/aromatic N) is 2. The SMILES string of the molecule is c1ccc(N2CCN(c3ccccc3)C2c2c[nH]c3ccccc23)cc1. The van der Waals surface area contributed by atoms with Crippen LogP contribution in [0.2, 0.25) is 0 Å². The molecule has 3 aromatic carbocycles. The zero-order valence-corrected chi connectivity index (χ0v) is 14.5. The second kappa shape index (κ2) is 6.26. The Morgan fingerprint density at radius 1 is 0.654 bits per heavy atom. The summed E-state index contributed by atoms with van der Waals surface area (Å²) in [4.78, 5) is 8.46. The molecule has 0 bridgehead atoms. The van der Waals surface area contributed by atoms with E-state index in [4.69, 9.17) is 0 Å². The zero-order chi connectivity index (χ0) is 17.3. The molecule has 128 valence electrons. The lowest BCUT2D eigenvalue weighted by Gasteiger charge is -2.33. The Morgan fingerprint density at radius 3 is 1.81 bits per heavy atom. The number of aromatic nitrogens is 1. The summed E-state index contributed by atoms with van der Waals surface area (Å²) in [5.74, 6) is 0. The van der Waals surface area contributed by atoms with Crippen LogP contribution in [-0.4, -0.2) is 18.1 Å². The number of hydrogen-bond acceptors (Lipinski definition) is 2. The average molecular weight is 339 g/mol. The maximum Gasteiger partial charge on any atom is 0.130 e. The average Bonchev–Trinajstić information content (AvgIpc) is 3.33. The number of nitrogens with one attached hydrogen (secondary N) is 1. The minimum absolute atomic E-state index is 0.177. The number of benzene rings is 3. The maximum atomic E-state index is 3.46. The Labute approximate surface area is 153 Å². The molecule has 0 unspecified atom stereocenters. The lowest BCUT2D eigenvalue weighted by Crippen LogP contribution is -2.30. The van der Waals surface area contributed by atoms with Gasteiger partial charge in [0.2, 0.25) is 0 Å². The highest BCUT2D eigenvalue weighted by atomic mass is 15.4. The van der Waals surface area contributed by atoms with Crippen molar-refractivity contribution >= 4 is 22.3 Å². The Kier molecular flexibility index (Phi) is 3.64. The predicted molar refractivity (Wildman–Crippen MR) is 109 cm³/mol. The van der Waals surface area contributed by atoms with E-state index in [1.807, 2.05) is 0 Å². The molecule has 0 aliphatic carbocycles. The van der Waals surface area contributed by atoms with Crippen LogP contribution in [0.5, 0.6) is 0 Å². The quantitative estimate of drug-likeness (QED) is 0.555. The summed E-state index contributed by atoms with van der Waals surface area (Å²) in [6.07, 6.45) is 2.35. The fourth-order valence-corrected chi connectivity index (χ4v) is 4.05. The van der Waals surface area contributed by atoms with Crippen LogP contribution in [0.25, 0.3) is 10.9 Å². The van der Waals surface area contributed by atoms with Gasteiger partial charge in [0, 0.05) is 47.1 Å². The third-order valence-electron chi connectivity index (χ3n) is 5.25. The summed E-state index contributed by atoms with van der Waals surface area (Å²) >= 11 is 0. The first kappa shape index (κ1) is 15.1. The summed E-state index contributed by atoms with van der Waals surface area (Å²) in [6, 6.07) is 30.0. The molecular formula is C23H21N3. The van der Waals surface area contributed by atoms with E-state index in [2.05, 4.69) is 106 Å². The van der Waals surface area contributed by atoms with Crippen LogP contribution in [0.1, 0.15) is 11.7 Å². The smallest absolute Gasteiger partial charge is 0.130 e. The molecular weight excluding hydrogens is 318 g/mol. The van der Waals surface area contributed by atoms with Crippen LogP contribution in [0.4, 0.5) is 11.4 Å². The number of aromatic amines is 1. The minimum Gasteiger partial charge on any atom is -0.361 e. The molecule has 2 heterocycles. The number of anilines is 2. The Hall–Kier alpha value is -3.20. The minimum atomic E-state index is 0.177. The molecule has 1 fully saturated rings. The third-order valence-corrected chi connectivity index (χ3v) is 5.25. The highest BCUT2D eigenvalue weighted by Crippen LogP contribution is 2.40. The monoisotopic (exact) mass is 339 g/mol. The first-order valence-corrected chi connectivity index (χ1v) is 9.11. The number of fused-ring (bicyclic) bond motifs is 1. The molecule has 26 heavy (non-hydrogen) atoms. The Bertz CT molecular complexity index is 960. The van der Waals surface area contributed by atoms with E-state index in [-0.39, 0.29) is 6.17 Å². The molecule has 0 spiro atoms. The van der Waals surface area contributed by atoms with E-state index < -0.39 is 0 Å². The molecule has 0 amide bonds. The molecule has 0 atom stereocenters. The number of hydrogen-bond donors (Lipinski definition) is 1. The molecule has 3 nitrogen and oxygen atoms in total. The summed E-state index contributed by atoms with van der Waals surface area (Å²) in [5, 5.41) is 1.29. The van der Waals surface area contributed by atoms with Gasteiger partial charge in [0.1, 0.15) is 6.17 Å². The van der Waals surface area contributed by atoms with Crippen molar-refractivity contribution in [3.05, 3.63) is 96.7 Å². The fraction of sp³-hybridized carbons (Fsp3) is 0.130. The Morgan fingerprint density at radius 2 is 1.19 bits per heavy atom. The molecule has 0 saturated carbocycles. The third kappa shape index (κ3) is 2.44. The largest absolute Gasteiger partial charge is 0.361 e. The highest BCUT2D eigenvalue weighted by Gasteiger charge is 2.35. The van der Waals surface area contributed by atoms with Gasteiger partial charge < -0.3 is 14.8 Å². The van der Waals surface area contributed by atoms with Gasteiger partial charge in [-0.2, -0.15) is 0 Å². The van der Waals surface area contributed by atoms with Gasteiger partial charge in [-0.25, -0.2) is 0 Å². The second-order valence-corrected chi connectivity index (χ2v) is 6.72. The maximum absolute atomic E-state index is 3.46. The normalized spacial score (nSPS) is 15.1. The fourth-order valence-electron chi connectivity index (χ4n) is 4.05. The van der Waals surface area contributed by atoms with Crippen LogP contribution < -0.4 is 9.80 Å². The zero-order valence-electron chi connectivity index (χ0n) is 14.5. The van der Waals surface area contributed by atoms with Crippen molar-refractivity contribution in [3.8, 4) is 0 Å². The molecule has 1 aliphatic heterocycles. The van der Waals surface area contributed by atoms with Crippen LogP contribution in [0, 0.1) is 0 Å². The second-order valence-electron chi connectivity index (χ2n) is 6.72. The van der Waals surface area contributed by atoms with Crippen molar-refractivity contribution in [3.63, 3.8) is 0 Å². The van der Waals surface area contributed by atoms with Crippen LogP contribution >= 0.6 is 0 Å². The van der Waals surface area contributed by atoms with Crippen molar-refractivity contribution in [2.24, 2.45) is 0 Å². The van der Waals surface area contributed by atoms with Crippen LogP contribution in [0.15, 0.2) is 91.1 Å². The first-order valence-electron chi connectivity index (χ1n) is 9.11. The molecule has 1 saturated heterocycles. The molecule has 0 radical (unpaired) electrons. The van der Waals surface area contributed by atoms with Gasteiger partial charge in [-0.1, -0.05) is 54.6 Å². The van der Waals surface area contributed by atoms with E-state index >= 15 is 0 Å². The molecule has 1 N–H and O–H groups in total. The summed E-state index contributed by atoms with van der Waals surface area (Å²) in [7, 11) is 0. The molecule has 1 aliphatic rings. The van der Waals surface area contributed by atoms with Crippen molar-refractivity contribution in [1.29, 1.82) is 0 Å². The first-order chi connectivity index (χ1) is 12.9. The van der Waals surface area contributed by atoms with Crippen molar-refractivity contribution in [2.45, 2.75) is 6.17 Å².